The quantitative estimate of drug-likeness (QED) is 0.897. The van der Waals surface area contributed by atoms with Gasteiger partial charge >= 0.3 is 6.09 Å². The van der Waals surface area contributed by atoms with Gasteiger partial charge in [-0.3, -0.25) is 4.90 Å². The lowest BCUT2D eigenvalue weighted by atomic mass is 9.95. The van der Waals surface area contributed by atoms with Crippen LogP contribution in [0.2, 0.25) is 0 Å². The van der Waals surface area contributed by atoms with Crippen LogP contribution in [0.1, 0.15) is 51.9 Å². The van der Waals surface area contributed by atoms with Gasteiger partial charge in [-0.05, 0) is 37.1 Å². The van der Waals surface area contributed by atoms with E-state index in [-0.39, 0.29) is 16.7 Å². The second-order valence-electron chi connectivity index (χ2n) is 6.05. The predicted octanol–water partition coefficient (Wildman–Crippen LogP) is 4.08. The number of anilines is 1. The molecule has 0 unspecified atom stereocenters. The first-order chi connectivity index (χ1) is 11.0. The molecule has 0 radical (unpaired) electrons. The largest absolute Gasteiger partial charge is 0.465 e. The zero-order valence-electron chi connectivity index (χ0n) is 13.6. The molecule has 0 bridgehead atoms. The number of benzene rings is 1. The molecule has 5 nitrogen and oxygen atoms in total. The minimum atomic E-state index is -3.26. The van der Waals surface area contributed by atoms with Gasteiger partial charge < -0.3 is 5.11 Å². The number of hydrogen-bond acceptors (Lipinski definition) is 3. The topological polar surface area (TPSA) is 74.7 Å². The van der Waals surface area contributed by atoms with Gasteiger partial charge in [-0.1, -0.05) is 39.0 Å². The molecule has 1 aliphatic rings. The number of sulfone groups is 1. The van der Waals surface area contributed by atoms with Crippen LogP contribution in [0.5, 0.6) is 0 Å². The lowest BCUT2D eigenvalue weighted by Gasteiger charge is -2.31. The first-order valence-corrected chi connectivity index (χ1v) is 9.96. The van der Waals surface area contributed by atoms with Gasteiger partial charge in [-0.2, -0.15) is 0 Å². The Bertz CT molecular complexity index is 616. The highest BCUT2D eigenvalue weighted by molar-refractivity contribution is 7.91. The van der Waals surface area contributed by atoms with E-state index in [0.717, 1.165) is 38.5 Å². The van der Waals surface area contributed by atoms with Gasteiger partial charge in [0.25, 0.3) is 0 Å². The van der Waals surface area contributed by atoms with E-state index in [1.165, 1.54) is 23.5 Å². The summed E-state index contributed by atoms with van der Waals surface area (Å²) in [5.41, 5.74) is 0.554. The Hall–Kier alpha value is -1.56. The van der Waals surface area contributed by atoms with Crippen LogP contribution >= 0.6 is 0 Å². The lowest BCUT2D eigenvalue weighted by molar-refractivity contribution is 0.197. The Morgan fingerprint density at radius 1 is 1.09 bits per heavy atom. The molecular weight excluding hydrogens is 314 g/mol. The molecule has 0 aliphatic heterocycles. The van der Waals surface area contributed by atoms with Crippen molar-refractivity contribution in [3.05, 3.63) is 24.3 Å². The van der Waals surface area contributed by atoms with Crippen LogP contribution in [-0.4, -0.2) is 31.4 Å². The third-order valence-corrected chi connectivity index (χ3v) is 6.25. The molecule has 1 aromatic carbocycles. The summed E-state index contributed by atoms with van der Waals surface area (Å²) < 4.78 is 23.7. The van der Waals surface area contributed by atoms with Gasteiger partial charge in [0.15, 0.2) is 9.84 Å². The SMILES string of the molecule is CCS(=O)(=O)c1ccc(N(C(=O)O)C2CCCCCCC2)cc1. The third-order valence-electron chi connectivity index (χ3n) is 4.50. The molecular formula is C17H25NO4S. The maximum Gasteiger partial charge on any atom is 0.412 e. The van der Waals surface area contributed by atoms with Crippen molar-refractivity contribution in [2.24, 2.45) is 0 Å². The van der Waals surface area contributed by atoms with E-state index in [1.54, 1.807) is 19.1 Å². The smallest absolute Gasteiger partial charge is 0.412 e. The van der Waals surface area contributed by atoms with Crippen molar-refractivity contribution in [3.8, 4) is 0 Å². The van der Waals surface area contributed by atoms with Crippen molar-refractivity contribution >= 4 is 21.6 Å². The molecule has 0 saturated heterocycles. The van der Waals surface area contributed by atoms with Gasteiger partial charge in [-0.25, -0.2) is 13.2 Å². The van der Waals surface area contributed by atoms with Crippen LogP contribution in [0.15, 0.2) is 29.2 Å². The standard InChI is InChI=1S/C17H25NO4S/c1-2-23(21,22)16-12-10-15(11-13-16)18(17(19)20)14-8-6-4-3-5-7-9-14/h10-14H,2-9H2,1H3,(H,19,20). The zero-order valence-corrected chi connectivity index (χ0v) is 14.4. The van der Waals surface area contributed by atoms with E-state index in [2.05, 4.69) is 0 Å². The normalized spacial score (nSPS) is 17.3. The van der Waals surface area contributed by atoms with Crippen molar-refractivity contribution in [3.63, 3.8) is 0 Å². The highest BCUT2D eigenvalue weighted by Gasteiger charge is 2.25. The summed E-state index contributed by atoms with van der Waals surface area (Å²) in [4.78, 5) is 13.4. The summed E-state index contributed by atoms with van der Waals surface area (Å²) in [6.45, 7) is 1.60. The van der Waals surface area contributed by atoms with Gasteiger partial charge in [0.05, 0.1) is 10.6 Å². The van der Waals surface area contributed by atoms with E-state index in [4.69, 9.17) is 0 Å². The molecule has 0 spiro atoms. The summed E-state index contributed by atoms with van der Waals surface area (Å²) in [7, 11) is -3.26. The van der Waals surface area contributed by atoms with Gasteiger partial charge in [-0.15, -0.1) is 0 Å². The van der Waals surface area contributed by atoms with Gasteiger partial charge in [0.2, 0.25) is 0 Å². The highest BCUT2D eigenvalue weighted by atomic mass is 32.2. The second-order valence-corrected chi connectivity index (χ2v) is 8.33. The first kappa shape index (κ1) is 17.8. The van der Waals surface area contributed by atoms with Crippen LogP contribution in [0.3, 0.4) is 0 Å². The number of amides is 1. The maximum atomic E-state index is 11.9. The molecule has 23 heavy (non-hydrogen) atoms. The first-order valence-electron chi connectivity index (χ1n) is 8.30. The number of hydrogen-bond donors (Lipinski definition) is 1. The van der Waals surface area contributed by atoms with Crippen molar-refractivity contribution in [2.75, 3.05) is 10.7 Å². The van der Waals surface area contributed by atoms with E-state index < -0.39 is 15.9 Å². The Balaban J connectivity index is 2.25. The highest BCUT2D eigenvalue weighted by Crippen LogP contribution is 2.27. The number of nitrogens with zero attached hydrogens (tertiary/aromatic N) is 1. The minimum Gasteiger partial charge on any atom is -0.465 e. The Kier molecular flexibility index (Phi) is 6.04. The molecule has 0 atom stereocenters. The molecule has 1 aromatic rings. The van der Waals surface area contributed by atoms with Crippen LogP contribution < -0.4 is 4.90 Å². The van der Waals surface area contributed by atoms with Crippen LogP contribution in [0.25, 0.3) is 0 Å². The van der Waals surface area contributed by atoms with Crippen LogP contribution in [0, 0.1) is 0 Å². The average Bonchev–Trinajstić information content (AvgIpc) is 2.49. The Labute approximate surface area is 138 Å². The van der Waals surface area contributed by atoms with E-state index in [0.29, 0.717) is 5.69 Å². The molecule has 2 rings (SSSR count). The van der Waals surface area contributed by atoms with Gasteiger partial charge in [0.1, 0.15) is 0 Å². The number of rotatable bonds is 4. The van der Waals surface area contributed by atoms with Crippen LogP contribution in [-0.2, 0) is 9.84 Å². The fourth-order valence-electron chi connectivity index (χ4n) is 3.15. The molecule has 1 saturated carbocycles. The van der Waals surface area contributed by atoms with Crippen molar-refractivity contribution < 1.29 is 18.3 Å². The van der Waals surface area contributed by atoms with E-state index >= 15 is 0 Å². The van der Waals surface area contributed by atoms with E-state index in [9.17, 15) is 18.3 Å². The van der Waals surface area contributed by atoms with Crippen molar-refractivity contribution in [1.29, 1.82) is 0 Å². The average molecular weight is 339 g/mol. The fraction of sp³-hybridized carbons (Fsp3) is 0.588. The number of carbonyl (C=O) groups is 1. The zero-order chi connectivity index (χ0) is 16.9. The Morgan fingerprint density at radius 2 is 1.61 bits per heavy atom. The Morgan fingerprint density at radius 3 is 2.09 bits per heavy atom. The third kappa shape index (κ3) is 4.47. The molecule has 6 heteroatoms. The van der Waals surface area contributed by atoms with Crippen LogP contribution in [0.4, 0.5) is 10.5 Å². The van der Waals surface area contributed by atoms with Crippen molar-refractivity contribution in [1.82, 2.24) is 0 Å². The second kappa shape index (κ2) is 7.81. The molecule has 128 valence electrons. The summed E-state index contributed by atoms with van der Waals surface area (Å²) in [6.07, 6.45) is 6.36. The summed E-state index contributed by atoms with van der Waals surface area (Å²) in [6, 6.07) is 6.20. The summed E-state index contributed by atoms with van der Waals surface area (Å²) >= 11 is 0. The maximum absolute atomic E-state index is 11.9. The molecule has 1 aliphatic carbocycles. The van der Waals surface area contributed by atoms with Crippen molar-refractivity contribution in [2.45, 2.75) is 62.8 Å². The molecule has 1 fully saturated rings. The van der Waals surface area contributed by atoms with Gasteiger partial charge in [0, 0.05) is 11.7 Å². The lowest BCUT2D eigenvalue weighted by Crippen LogP contribution is -2.40. The van der Waals surface area contributed by atoms with E-state index in [1.807, 2.05) is 0 Å². The monoisotopic (exact) mass is 339 g/mol. The molecule has 0 heterocycles. The summed E-state index contributed by atoms with van der Waals surface area (Å²) in [5, 5.41) is 9.62. The molecule has 1 N–H and O–H groups in total. The molecule has 1 amide bonds. The number of carboxylic acid groups (broad SMARTS) is 1. The fourth-order valence-corrected chi connectivity index (χ4v) is 4.04. The molecule has 0 aromatic heterocycles. The minimum absolute atomic E-state index is 0.0265. The predicted molar refractivity (Wildman–Crippen MR) is 90.8 cm³/mol. The summed E-state index contributed by atoms with van der Waals surface area (Å²) in [5.74, 6) is 0.0393.